The van der Waals surface area contributed by atoms with Gasteiger partial charge in [-0.1, -0.05) is 17.7 Å². The number of allylic oxidation sites excluding steroid dienone is 1. The Kier molecular flexibility index (Phi) is 3.26. The molecule has 3 nitrogen and oxygen atoms in total. The van der Waals surface area contributed by atoms with E-state index in [1.54, 1.807) is 40.6 Å². The van der Waals surface area contributed by atoms with Crippen LogP contribution < -0.4 is 0 Å². The number of fused-ring (bicyclic) bond motifs is 3. The Bertz CT molecular complexity index is 777. The van der Waals surface area contributed by atoms with Gasteiger partial charge in [-0.05, 0) is 29.7 Å². The number of hydrogen-bond donors (Lipinski definition) is 0. The van der Waals surface area contributed by atoms with Crippen LogP contribution in [-0.2, 0) is 6.42 Å². The van der Waals surface area contributed by atoms with Crippen LogP contribution in [0.3, 0.4) is 0 Å². The van der Waals surface area contributed by atoms with E-state index in [0.717, 1.165) is 15.7 Å². The Morgan fingerprint density at radius 1 is 1.43 bits per heavy atom. The van der Waals surface area contributed by atoms with Gasteiger partial charge >= 0.3 is 0 Å². The number of aromatic nitrogens is 2. The Morgan fingerprint density at radius 3 is 3.10 bits per heavy atom. The Morgan fingerprint density at radius 2 is 2.33 bits per heavy atom. The topological polar surface area (TPSA) is 41.6 Å². The van der Waals surface area contributed by atoms with Crippen molar-refractivity contribution in [1.29, 1.82) is 5.26 Å². The zero-order valence-electron chi connectivity index (χ0n) is 10.9. The summed E-state index contributed by atoms with van der Waals surface area (Å²) in [7, 11) is 0. The second kappa shape index (κ2) is 5.13. The van der Waals surface area contributed by atoms with Gasteiger partial charge in [0, 0.05) is 27.9 Å². The summed E-state index contributed by atoms with van der Waals surface area (Å²) in [4.78, 5) is 4.02. The van der Waals surface area contributed by atoms with Crippen LogP contribution in [-0.4, -0.2) is 14.8 Å². The first-order chi connectivity index (χ1) is 10.3. The Balaban J connectivity index is 1.71. The van der Waals surface area contributed by atoms with Crippen molar-refractivity contribution < 1.29 is 0 Å². The molecule has 0 saturated carbocycles. The van der Waals surface area contributed by atoms with Crippen molar-refractivity contribution in [2.45, 2.75) is 16.9 Å². The molecule has 2 unspecified atom stereocenters. The van der Waals surface area contributed by atoms with Crippen molar-refractivity contribution in [2.75, 3.05) is 0 Å². The number of thioether (sulfide) groups is 2. The summed E-state index contributed by atoms with van der Waals surface area (Å²) in [5, 5.41) is 11.2. The first-order valence-corrected chi connectivity index (χ1v) is 8.64. The highest BCUT2D eigenvalue weighted by Crippen LogP contribution is 2.61. The maximum atomic E-state index is 9.45. The van der Waals surface area contributed by atoms with Gasteiger partial charge in [-0.15, -0.1) is 23.5 Å². The molecule has 0 amide bonds. The minimum absolute atomic E-state index is 0.420. The zero-order chi connectivity index (χ0) is 14.4. The molecule has 6 heteroatoms. The molecule has 1 aliphatic heterocycles. The van der Waals surface area contributed by atoms with E-state index in [1.165, 1.54) is 11.1 Å². The number of nitrogens with zero attached hydrogens (tertiary/aromatic N) is 3. The summed E-state index contributed by atoms with van der Waals surface area (Å²) in [6, 6.07) is 8.46. The highest BCUT2D eigenvalue weighted by Gasteiger charge is 2.41. The minimum Gasteiger partial charge on any atom is -0.296 e. The van der Waals surface area contributed by atoms with Gasteiger partial charge in [-0.25, -0.2) is 4.98 Å². The molecule has 2 aliphatic rings. The van der Waals surface area contributed by atoms with Crippen molar-refractivity contribution in [1.82, 2.24) is 9.55 Å². The van der Waals surface area contributed by atoms with E-state index in [1.807, 2.05) is 12.3 Å². The van der Waals surface area contributed by atoms with Crippen molar-refractivity contribution >= 4 is 40.8 Å². The molecule has 104 valence electrons. The fraction of sp³-hybridized carbons (Fsp3) is 0.200. The quantitative estimate of drug-likeness (QED) is 0.729. The van der Waals surface area contributed by atoms with E-state index in [2.05, 4.69) is 23.2 Å². The largest absolute Gasteiger partial charge is 0.296 e. The van der Waals surface area contributed by atoms with E-state index in [9.17, 15) is 5.26 Å². The lowest BCUT2D eigenvalue weighted by Crippen LogP contribution is -1.99. The van der Waals surface area contributed by atoms with Crippen LogP contribution in [0.15, 0.2) is 41.2 Å². The fourth-order valence-electron chi connectivity index (χ4n) is 2.79. The Hall–Kier alpha value is -1.35. The number of halogens is 1. The molecule has 0 bridgehead atoms. The van der Waals surface area contributed by atoms with Crippen LogP contribution in [0.4, 0.5) is 0 Å². The molecule has 0 N–H and O–H groups in total. The number of benzene rings is 1. The molecule has 1 fully saturated rings. The standard InChI is InChI=1S/C15H10ClN3S2/c16-10-1-2-11-9(5-10)6-13-14(11)21-15(20-13)12(7-17)19-4-3-18-8-19/h1-5,8,13-14H,6H2/b15-12+. The maximum Gasteiger partial charge on any atom is 0.145 e. The SMILES string of the molecule is N#C/C(=C1/SC2Cc3cc(Cl)ccc3C2S1)n1ccnc1. The molecule has 0 radical (unpaired) electrons. The smallest absolute Gasteiger partial charge is 0.145 e. The van der Waals surface area contributed by atoms with Crippen molar-refractivity contribution in [2.24, 2.45) is 0 Å². The van der Waals surface area contributed by atoms with Crippen molar-refractivity contribution in [3.05, 3.63) is 57.3 Å². The van der Waals surface area contributed by atoms with E-state index in [4.69, 9.17) is 11.6 Å². The molecule has 21 heavy (non-hydrogen) atoms. The molecular weight excluding hydrogens is 322 g/mol. The second-order valence-corrected chi connectivity index (χ2v) is 8.06. The first-order valence-electron chi connectivity index (χ1n) is 6.50. The molecular formula is C15H10ClN3S2. The minimum atomic E-state index is 0.420. The van der Waals surface area contributed by atoms with Gasteiger partial charge in [0.05, 0.1) is 10.6 Å². The normalized spacial score (nSPS) is 25.3. The van der Waals surface area contributed by atoms with Gasteiger partial charge in [-0.3, -0.25) is 4.57 Å². The van der Waals surface area contributed by atoms with Crippen LogP contribution in [0.1, 0.15) is 16.4 Å². The highest BCUT2D eigenvalue weighted by atomic mass is 35.5. The molecule has 1 aliphatic carbocycles. The number of nitriles is 1. The van der Waals surface area contributed by atoms with E-state index < -0.39 is 0 Å². The lowest BCUT2D eigenvalue weighted by molar-refractivity contribution is 0.928. The first kappa shape index (κ1) is 13.3. The van der Waals surface area contributed by atoms with E-state index in [-0.39, 0.29) is 0 Å². The maximum absolute atomic E-state index is 9.45. The molecule has 1 saturated heterocycles. The van der Waals surface area contributed by atoms with Crippen LogP contribution in [0.25, 0.3) is 5.70 Å². The lowest BCUT2D eigenvalue weighted by atomic mass is 10.1. The van der Waals surface area contributed by atoms with Crippen LogP contribution in [0.2, 0.25) is 5.02 Å². The lowest BCUT2D eigenvalue weighted by Gasteiger charge is -2.07. The third-order valence-corrected chi connectivity index (χ3v) is 7.10. The van der Waals surface area contributed by atoms with E-state index >= 15 is 0 Å². The second-order valence-electron chi connectivity index (χ2n) is 4.96. The summed E-state index contributed by atoms with van der Waals surface area (Å²) in [5.74, 6) is 0. The molecule has 0 spiro atoms. The predicted molar refractivity (Wildman–Crippen MR) is 87.9 cm³/mol. The average molecular weight is 332 g/mol. The molecule has 2 atom stereocenters. The fourth-order valence-corrected chi connectivity index (χ4v) is 6.39. The average Bonchev–Trinajstić information content (AvgIpc) is 3.15. The van der Waals surface area contributed by atoms with Gasteiger partial charge < -0.3 is 0 Å². The third-order valence-electron chi connectivity index (χ3n) is 3.72. The van der Waals surface area contributed by atoms with Gasteiger partial charge in [0.25, 0.3) is 0 Å². The molecule has 2 aromatic rings. The summed E-state index contributed by atoms with van der Waals surface area (Å²) in [5.41, 5.74) is 3.38. The molecule has 1 aromatic heterocycles. The summed E-state index contributed by atoms with van der Waals surface area (Å²) in [6.07, 6.45) is 6.20. The van der Waals surface area contributed by atoms with Crippen LogP contribution in [0, 0.1) is 11.3 Å². The number of hydrogen-bond acceptors (Lipinski definition) is 4. The van der Waals surface area contributed by atoms with Crippen LogP contribution in [0.5, 0.6) is 0 Å². The van der Waals surface area contributed by atoms with Gasteiger partial charge in [-0.2, -0.15) is 5.26 Å². The number of rotatable bonds is 1. The third kappa shape index (κ3) is 2.18. The molecule has 4 rings (SSSR count). The zero-order valence-corrected chi connectivity index (χ0v) is 13.3. The highest BCUT2D eigenvalue weighted by molar-refractivity contribution is 8.26. The van der Waals surface area contributed by atoms with Crippen molar-refractivity contribution in [3.8, 4) is 6.07 Å². The van der Waals surface area contributed by atoms with Gasteiger partial charge in [0.2, 0.25) is 0 Å². The summed E-state index contributed by atoms with van der Waals surface area (Å²) >= 11 is 9.66. The molecule has 1 aromatic carbocycles. The van der Waals surface area contributed by atoms with Gasteiger partial charge in [0.1, 0.15) is 11.8 Å². The summed E-state index contributed by atoms with van der Waals surface area (Å²) in [6.45, 7) is 0. The molecule has 2 heterocycles. The van der Waals surface area contributed by atoms with E-state index in [0.29, 0.717) is 16.2 Å². The van der Waals surface area contributed by atoms with Crippen LogP contribution >= 0.6 is 35.1 Å². The van der Waals surface area contributed by atoms with Gasteiger partial charge in [0.15, 0.2) is 0 Å². The monoisotopic (exact) mass is 331 g/mol. The summed E-state index contributed by atoms with van der Waals surface area (Å²) < 4.78 is 2.88. The Labute approximate surface area is 136 Å². The predicted octanol–water partition coefficient (Wildman–Crippen LogP) is 4.33. The number of imidazole rings is 1. The van der Waals surface area contributed by atoms with Crippen molar-refractivity contribution in [3.63, 3.8) is 0 Å².